The van der Waals surface area contributed by atoms with Crippen molar-refractivity contribution < 1.29 is 14.3 Å². The van der Waals surface area contributed by atoms with Gasteiger partial charge in [0.15, 0.2) is 0 Å². The van der Waals surface area contributed by atoms with Crippen LogP contribution in [0.4, 0.5) is 5.69 Å². The molecule has 8 nitrogen and oxygen atoms in total. The molecule has 4 rings (SSSR count). The molecular formula is C24H24N4O4. The largest absolute Gasteiger partial charge is 0.494 e. The summed E-state index contributed by atoms with van der Waals surface area (Å²) in [5, 5.41) is 7.29. The predicted octanol–water partition coefficient (Wildman–Crippen LogP) is 3.60. The van der Waals surface area contributed by atoms with Crippen LogP contribution in [0.1, 0.15) is 13.8 Å². The Balaban J connectivity index is 1.55. The van der Waals surface area contributed by atoms with Crippen molar-refractivity contribution in [3.05, 3.63) is 77.3 Å². The van der Waals surface area contributed by atoms with E-state index < -0.39 is 0 Å². The number of carbonyl (C=O) groups is 1. The minimum atomic E-state index is -0.324. The number of aromatic nitrogens is 3. The molecule has 0 aliphatic rings. The van der Waals surface area contributed by atoms with Gasteiger partial charge in [0, 0.05) is 18.0 Å². The number of nitrogens with zero attached hydrogens (tertiary/aromatic N) is 3. The number of anilines is 1. The van der Waals surface area contributed by atoms with E-state index in [1.807, 2.05) is 50.2 Å². The lowest BCUT2D eigenvalue weighted by Gasteiger charge is -2.12. The van der Waals surface area contributed by atoms with Gasteiger partial charge in [0.2, 0.25) is 5.91 Å². The lowest BCUT2D eigenvalue weighted by atomic mass is 10.1. The molecule has 0 radical (unpaired) electrons. The van der Waals surface area contributed by atoms with Gasteiger partial charge in [0.25, 0.3) is 5.56 Å². The summed E-state index contributed by atoms with van der Waals surface area (Å²) >= 11 is 0. The van der Waals surface area contributed by atoms with Crippen LogP contribution in [-0.2, 0) is 11.3 Å². The molecule has 0 saturated carbocycles. The number of carbonyl (C=O) groups excluding carboxylic acids is 1. The Morgan fingerprint density at radius 2 is 1.75 bits per heavy atom. The van der Waals surface area contributed by atoms with Crippen molar-refractivity contribution in [1.82, 2.24) is 14.2 Å². The standard InChI is InChI=1S/C24H24N4O4/c1-3-31-18-11-9-17(10-12-18)20-15-21-24(30)27(13-14-28(21)26-20)16-23(29)25-19-7-5-6-8-22(19)32-4-2/h5-15H,3-4,16H2,1-2H3,(H,25,29). The van der Waals surface area contributed by atoms with Crippen LogP contribution >= 0.6 is 0 Å². The molecule has 1 N–H and O–H groups in total. The van der Waals surface area contributed by atoms with E-state index >= 15 is 0 Å². The molecule has 0 spiro atoms. The quantitative estimate of drug-likeness (QED) is 0.460. The van der Waals surface area contributed by atoms with Gasteiger partial charge in [-0.1, -0.05) is 12.1 Å². The molecule has 0 unspecified atom stereocenters. The zero-order chi connectivity index (χ0) is 22.5. The zero-order valence-corrected chi connectivity index (χ0v) is 17.9. The summed E-state index contributed by atoms with van der Waals surface area (Å²) in [5.74, 6) is 1.04. The molecule has 4 aromatic rings. The highest BCUT2D eigenvalue weighted by Gasteiger charge is 2.13. The second kappa shape index (κ2) is 9.38. The molecule has 0 fully saturated rings. The van der Waals surface area contributed by atoms with Gasteiger partial charge in [-0.2, -0.15) is 5.10 Å². The lowest BCUT2D eigenvalue weighted by Crippen LogP contribution is -2.28. The minimum absolute atomic E-state index is 0.126. The molecule has 8 heteroatoms. The second-order valence-corrected chi connectivity index (χ2v) is 7.03. The van der Waals surface area contributed by atoms with Crippen molar-refractivity contribution in [3.63, 3.8) is 0 Å². The first-order chi connectivity index (χ1) is 15.6. The van der Waals surface area contributed by atoms with Gasteiger partial charge in [-0.05, 0) is 56.3 Å². The van der Waals surface area contributed by atoms with Crippen LogP contribution in [0.5, 0.6) is 11.5 Å². The molecule has 0 saturated heterocycles. The molecule has 0 atom stereocenters. The fourth-order valence-corrected chi connectivity index (χ4v) is 3.38. The molecule has 2 aromatic carbocycles. The van der Waals surface area contributed by atoms with E-state index in [0.717, 1.165) is 11.3 Å². The highest BCUT2D eigenvalue weighted by atomic mass is 16.5. The minimum Gasteiger partial charge on any atom is -0.494 e. The molecule has 0 aliphatic carbocycles. The Hall–Kier alpha value is -4.07. The molecule has 0 aliphatic heterocycles. The third-order valence-electron chi connectivity index (χ3n) is 4.84. The second-order valence-electron chi connectivity index (χ2n) is 7.03. The summed E-state index contributed by atoms with van der Waals surface area (Å²) in [4.78, 5) is 25.5. The van der Waals surface area contributed by atoms with Crippen molar-refractivity contribution >= 4 is 17.1 Å². The van der Waals surface area contributed by atoms with E-state index in [1.165, 1.54) is 9.08 Å². The molecule has 0 bridgehead atoms. The summed E-state index contributed by atoms with van der Waals surface area (Å²) < 4.78 is 13.9. The Morgan fingerprint density at radius 1 is 1.00 bits per heavy atom. The summed E-state index contributed by atoms with van der Waals surface area (Å²) in [6, 6.07) is 16.4. The highest BCUT2D eigenvalue weighted by Crippen LogP contribution is 2.24. The molecule has 1 amide bonds. The number of hydrogen-bond donors (Lipinski definition) is 1. The number of ether oxygens (including phenoxy) is 2. The maximum absolute atomic E-state index is 12.9. The van der Waals surface area contributed by atoms with E-state index in [0.29, 0.717) is 35.9 Å². The van der Waals surface area contributed by atoms with Gasteiger partial charge in [-0.25, -0.2) is 4.52 Å². The van der Waals surface area contributed by atoms with Crippen molar-refractivity contribution in [2.75, 3.05) is 18.5 Å². The SMILES string of the molecule is CCOc1ccc(-c2cc3c(=O)n(CC(=O)Nc4ccccc4OCC)ccn3n2)cc1. The molecule has 2 heterocycles. The molecule has 164 valence electrons. The highest BCUT2D eigenvalue weighted by molar-refractivity contribution is 5.92. The Kier molecular flexibility index (Phi) is 6.21. The van der Waals surface area contributed by atoms with Crippen LogP contribution in [0.15, 0.2) is 71.8 Å². The average molecular weight is 432 g/mol. The smallest absolute Gasteiger partial charge is 0.277 e. The lowest BCUT2D eigenvalue weighted by molar-refractivity contribution is -0.116. The summed E-state index contributed by atoms with van der Waals surface area (Å²) in [7, 11) is 0. The van der Waals surface area contributed by atoms with Gasteiger partial charge < -0.3 is 19.4 Å². The van der Waals surface area contributed by atoms with Crippen molar-refractivity contribution in [2.45, 2.75) is 20.4 Å². The fourth-order valence-electron chi connectivity index (χ4n) is 3.38. The topological polar surface area (TPSA) is 86.9 Å². The first-order valence-corrected chi connectivity index (χ1v) is 10.4. The van der Waals surface area contributed by atoms with Crippen molar-refractivity contribution in [2.24, 2.45) is 0 Å². The molecule has 2 aromatic heterocycles. The van der Waals surface area contributed by atoms with E-state index in [-0.39, 0.29) is 18.0 Å². The monoisotopic (exact) mass is 432 g/mol. The maximum atomic E-state index is 12.9. The third-order valence-corrected chi connectivity index (χ3v) is 4.84. The van der Waals surface area contributed by atoms with Gasteiger partial charge >= 0.3 is 0 Å². The molecule has 32 heavy (non-hydrogen) atoms. The number of amides is 1. The normalized spacial score (nSPS) is 10.8. The van der Waals surface area contributed by atoms with Gasteiger partial charge in [-0.15, -0.1) is 0 Å². The maximum Gasteiger partial charge on any atom is 0.277 e. The Labute approximate surface area is 185 Å². The first-order valence-electron chi connectivity index (χ1n) is 10.4. The van der Waals surface area contributed by atoms with Crippen molar-refractivity contribution in [1.29, 1.82) is 0 Å². The number of rotatable bonds is 8. The predicted molar refractivity (Wildman–Crippen MR) is 122 cm³/mol. The summed E-state index contributed by atoms with van der Waals surface area (Å²) in [6.45, 7) is 4.76. The van der Waals surface area contributed by atoms with Crippen LogP contribution in [-0.4, -0.2) is 33.3 Å². The number of benzene rings is 2. The number of fused-ring (bicyclic) bond motifs is 1. The molecular weight excluding hydrogens is 408 g/mol. The van der Waals surface area contributed by atoms with E-state index in [9.17, 15) is 9.59 Å². The Bertz CT molecular complexity index is 1290. The number of hydrogen-bond acceptors (Lipinski definition) is 5. The summed E-state index contributed by atoms with van der Waals surface area (Å²) in [6.07, 6.45) is 3.22. The van der Waals surface area contributed by atoms with Crippen LogP contribution in [0.25, 0.3) is 16.8 Å². The first kappa shape index (κ1) is 21.2. The fraction of sp³-hybridized carbons (Fsp3) is 0.208. The van der Waals surface area contributed by atoms with Gasteiger partial charge in [0.1, 0.15) is 23.6 Å². The van der Waals surface area contributed by atoms with E-state index in [2.05, 4.69) is 10.4 Å². The van der Waals surface area contributed by atoms with E-state index in [1.54, 1.807) is 30.6 Å². The van der Waals surface area contributed by atoms with Crippen LogP contribution in [0.2, 0.25) is 0 Å². The van der Waals surface area contributed by atoms with Crippen LogP contribution < -0.4 is 20.3 Å². The van der Waals surface area contributed by atoms with Crippen LogP contribution in [0, 0.1) is 0 Å². The average Bonchev–Trinajstić information content (AvgIpc) is 3.23. The van der Waals surface area contributed by atoms with E-state index in [4.69, 9.17) is 9.47 Å². The van der Waals surface area contributed by atoms with Crippen LogP contribution in [0.3, 0.4) is 0 Å². The zero-order valence-electron chi connectivity index (χ0n) is 17.9. The van der Waals surface area contributed by atoms with Gasteiger partial charge in [-0.3, -0.25) is 9.59 Å². The Morgan fingerprint density at radius 3 is 2.50 bits per heavy atom. The van der Waals surface area contributed by atoms with Crippen molar-refractivity contribution in [3.8, 4) is 22.8 Å². The number of para-hydroxylation sites is 2. The summed E-state index contributed by atoms with van der Waals surface area (Å²) in [5.41, 5.74) is 2.19. The number of nitrogens with one attached hydrogen (secondary N) is 1. The van der Waals surface area contributed by atoms with Gasteiger partial charge in [0.05, 0.1) is 24.6 Å². The third kappa shape index (κ3) is 4.49.